The van der Waals surface area contributed by atoms with Crippen LogP contribution in [0.2, 0.25) is 0 Å². The number of nitrogens with zero attached hydrogens (tertiary/aromatic N) is 4. The van der Waals surface area contributed by atoms with Gasteiger partial charge in [0.15, 0.2) is 0 Å². The third-order valence-electron chi connectivity index (χ3n) is 5.37. The summed E-state index contributed by atoms with van der Waals surface area (Å²) in [5, 5.41) is 9.46. The SMILES string of the molecule is Cc1cc(N)c2cc(Nc3cc(SCCl)nc(Nc4ccc5nc(C)cc(N)c5c4)n3)ccc2n1. The molecule has 0 amide bonds. The van der Waals surface area contributed by atoms with E-state index >= 15 is 0 Å². The van der Waals surface area contributed by atoms with Crippen LogP contribution in [0, 0.1) is 13.8 Å². The van der Waals surface area contributed by atoms with Crippen LogP contribution in [0.25, 0.3) is 21.8 Å². The van der Waals surface area contributed by atoms with E-state index in [0.29, 0.717) is 28.4 Å². The van der Waals surface area contributed by atoms with Crippen molar-refractivity contribution in [1.29, 1.82) is 0 Å². The van der Waals surface area contributed by atoms with Crippen molar-refractivity contribution >= 4 is 79.7 Å². The summed E-state index contributed by atoms with van der Waals surface area (Å²) in [6, 6.07) is 17.2. The number of alkyl halides is 1. The maximum absolute atomic E-state index is 6.22. The van der Waals surface area contributed by atoms with Gasteiger partial charge in [-0.3, -0.25) is 9.97 Å². The summed E-state index contributed by atoms with van der Waals surface area (Å²) in [6.45, 7) is 3.85. The lowest BCUT2D eigenvalue weighted by Gasteiger charge is -2.12. The van der Waals surface area contributed by atoms with E-state index in [1.807, 2.05) is 68.4 Å². The molecule has 8 nitrogen and oxygen atoms in total. The van der Waals surface area contributed by atoms with E-state index in [1.54, 1.807) is 0 Å². The Hall–Kier alpha value is -3.82. The molecule has 5 rings (SSSR count). The Morgan fingerprint density at radius 1 is 0.743 bits per heavy atom. The number of aryl methyl sites for hydroxylation is 2. The number of benzene rings is 2. The van der Waals surface area contributed by atoms with Gasteiger partial charge in [0.25, 0.3) is 0 Å². The number of anilines is 6. The van der Waals surface area contributed by atoms with Gasteiger partial charge in [-0.2, -0.15) is 4.98 Å². The van der Waals surface area contributed by atoms with Gasteiger partial charge in [0.1, 0.15) is 10.8 Å². The molecule has 0 atom stereocenters. The highest BCUT2D eigenvalue weighted by atomic mass is 35.5. The third kappa shape index (κ3) is 5.01. The fourth-order valence-electron chi connectivity index (χ4n) is 3.89. The van der Waals surface area contributed by atoms with Crippen LogP contribution in [0.5, 0.6) is 0 Å². The Kier molecular flexibility index (Phi) is 6.19. The van der Waals surface area contributed by atoms with Gasteiger partial charge < -0.3 is 22.1 Å². The number of pyridine rings is 2. The Labute approximate surface area is 211 Å². The lowest BCUT2D eigenvalue weighted by Crippen LogP contribution is -2.03. The minimum Gasteiger partial charge on any atom is -0.398 e. The molecule has 0 saturated heterocycles. The molecule has 35 heavy (non-hydrogen) atoms. The Bertz CT molecular complexity index is 1460. The van der Waals surface area contributed by atoms with Gasteiger partial charge in [-0.1, -0.05) is 11.8 Å². The molecule has 0 spiro atoms. The summed E-state index contributed by atoms with van der Waals surface area (Å²) in [5.41, 5.74) is 18.9. The van der Waals surface area contributed by atoms with Crippen molar-refractivity contribution in [2.45, 2.75) is 18.9 Å². The quantitative estimate of drug-likeness (QED) is 0.123. The standard InChI is InChI=1S/C25H23ClN8S/c1-13-7-19(27)17-9-15(3-5-21(17)29-13)31-23-11-24(35-12-26)34-25(33-23)32-16-4-6-22-18(10-16)20(28)8-14(2)30-22/h3-11H,12H2,1-2H3,(H2,27,29)(H2,28,30)(H2,31,32,33,34). The molecular formula is C25H23ClN8S. The molecule has 3 aromatic heterocycles. The molecule has 0 fully saturated rings. The number of halogens is 1. The van der Waals surface area contributed by atoms with Gasteiger partial charge in [-0.15, -0.1) is 11.6 Å². The Balaban J connectivity index is 1.47. The first kappa shape index (κ1) is 22.9. The number of nitrogen functional groups attached to an aromatic ring is 2. The van der Waals surface area contributed by atoms with E-state index in [1.165, 1.54) is 11.8 Å². The number of thioether (sulfide) groups is 1. The second kappa shape index (κ2) is 9.44. The number of rotatable bonds is 6. The molecular weight excluding hydrogens is 480 g/mol. The summed E-state index contributed by atoms with van der Waals surface area (Å²) in [7, 11) is 0. The normalized spacial score (nSPS) is 11.2. The summed E-state index contributed by atoms with van der Waals surface area (Å²) < 4.78 is 0. The molecule has 0 aliphatic heterocycles. The predicted octanol–water partition coefficient (Wildman–Crippen LogP) is 6.13. The fourth-order valence-corrected chi connectivity index (χ4v) is 4.68. The summed E-state index contributed by atoms with van der Waals surface area (Å²) in [6.07, 6.45) is 0. The molecule has 2 aromatic carbocycles. The van der Waals surface area contributed by atoms with Crippen LogP contribution in [0.15, 0.2) is 59.6 Å². The van der Waals surface area contributed by atoms with Crippen molar-refractivity contribution in [1.82, 2.24) is 19.9 Å². The maximum atomic E-state index is 6.22. The maximum Gasteiger partial charge on any atom is 0.230 e. The smallest absolute Gasteiger partial charge is 0.230 e. The van der Waals surface area contributed by atoms with E-state index in [0.717, 1.165) is 49.6 Å². The third-order valence-corrected chi connectivity index (χ3v) is 6.31. The molecule has 176 valence electrons. The van der Waals surface area contributed by atoms with Crippen LogP contribution < -0.4 is 22.1 Å². The topological polar surface area (TPSA) is 128 Å². The number of nitrogens with one attached hydrogen (secondary N) is 2. The van der Waals surface area contributed by atoms with Crippen LogP contribution in [-0.2, 0) is 0 Å². The highest BCUT2D eigenvalue weighted by Gasteiger charge is 2.10. The van der Waals surface area contributed by atoms with Crippen LogP contribution in [-0.4, -0.2) is 25.1 Å². The first-order chi connectivity index (χ1) is 16.9. The largest absolute Gasteiger partial charge is 0.398 e. The van der Waals surface area contributed by atoms with E-state index in [2.05, 4.69) is 30.6 Å². The Morgan fingerprint density at radius 3 is 1.89 bits per heavy atom. The van der Waals surface area contributed by atoms with Gasteiger partial charge in [0.05, 0.1) is 16.2 Å². The zero-order valence-corrected chi connectivity index (χ0v) is 20.7. The van der Waals surface area contributed by atoms with Gasteiger partial charge >= 0.3 is 0 Å². The van der Waals surface area contributed by atoms with Crippen molar-refractivity contribution in [3.05, 3.63) is 66.0 Å². The zero-order valence-electron chi connectivity index (χ0n) is 19.1. The van der Waals surface area contributed by atoms with E-state index in [4.69, 9.17) is 23.1 Å². The van der Waals surface area contributed by atoms with Gasteiger partial charge in [0, 0.05) is 51.0 Å². The van der Waals surface area contributed by atoms with Crippen molar-refractivity contribution < 1.29 is 0 Å². The fraction of sp³-hybridized carbons (Fsp3) is 0.120. The second-order valence-electron chi connectivity index (χ2n) is 8.09. The van der Waals surface area contributed by atoms with Gasteiger partial charge in [-0.05, 0) is 62.4 Å². The van der Waals surface area contributed by atoms with Crippen LogP contribution >= 0.6 is 23.4 Å². The van der Waals surface area contributed by atoms with Crippen LogP contribution in [0.4, 0.5) is 34.5 Å². The predicted molar refractivity (Wildman–Crippen MR) is 147 cm³/mol. The van der Waals surface area contributed by atoms with Crippen molar-refractivity contribution in [2.24, 2.45) is 0 Å². The lowest BCUT2D eigenvalue weighted by atomic mass is 10.1. The first-order valence-corrected chi connectivity index (χ1v) is 12.4. The molecule has 0 aliphatic carbocycles. The number of hydrogen-bond donors (Lipinski definition) is 4. The van der Waals surface area contributed by atoms with E-state index in [9.17, 15) is 0 Å². The van der Waals surface area contributed by atoms with Gasteiger partial charge in [-0.25, -0.2) is 4.98 Å². The highest BCUT2D eigenvalue weighted by Crippen LogP contribution is 2.29. The average Bonchev–Trinajstić information content (AvgIpc) is 2.80. The molecule has 6 N–H and O–H groups in total. The van der Waals surface area contributed by atoms with Crippen LogP contribution in [0.3, 0.4) is 0 Å². The average molecular weight is 503 g/mol. The van der Waals surface area contributed by atoms with Crippen molar-refractivity contribution in [3.8, 4) is 0 Å². The molecule has 0 radical (unpaired) electrons. The molecule has 0 aliphatic rings. The number of nitrogens with two attached hydrogens (primary N) is 2. The van der Waals surface area contributed by atoms with Gasteiger partial charge in [0.2, 0.25) is 5.95 Å². The molecule has 0 bridgehead atoms. The lowest BCUT2D eigenvalue weighted by molar-refractivity contribution is 1.06. The minimum absolute atomic E-state index is 0.366. The highest BCUT2D eigenvalue weighted by molar-refractivity contribution is 8.00. The number of aromatic nitrogens is 4. The van der Waals surface area contributed by atoms with Crippen molar-refractivity contribution in [2.75, 3.05) is 27.3 Å². The van der Waals surface area contributed by atoms with E-state index in [-0.39, 0.29) is 0 Å². The first-order valence-electron chi connectivity index (χ1n) is 10.8. The summed E-state index contributed by atoms with van der Waals surface area (Å²) in [5.74, 6) is 1.05. The molecule has 3 heterocycles. The second-order valence-corrected chi connectivity index (χ2v) is 9.67. The minimum atomic E-state index is 0.366. The molecule has 5 aromatic rings. The van der Waals surface area contributed by atoms with E-state index < -0.39 is 0 Å². The summed E-state index contributed by atoms with van der Waals surface area (Å²) in [4.78, 5) is 18.3. The molecule has 10 heteroatoms. The number of fused-ring (bicyclic) bond motifs is 2. The number of hydrogen-bond acceptors (Lipinski definition) is 9. The summed E-state index contributed by atoms with van der Waals surface area (Å²) >= 11 is 7.38. The van der Waals surface area contributed by atoms with Crippen LogP contribution in [0.1, 0.15) is 11.4 Å². The van der Waals surface area contributed by atoms with Crippen molar-refractivity contribution in [3.63, 3.8) is 0 Å². The molecule has 0 saturated carbocycles. The zero-order chi connectivity index (χ0) is 24.5. The Morgan fingerprint density at radius 2 is 1.31 bits per heavy atom. The monoisotopic (exact) mass is 502 g/mol. The molecule has 0 unspecified atom stereocenters.